The number of nitriles is 1. The minimum atomic E-state index is 0.123. The second kappa shape index (κ2) is 7.60. The number of nitrogens with zero attached hydrogens (tertiary/aromatic N) is 5. The van der Waals surface area contributed by atoms with Crippen LogP contribution in [-0.4, -0.2) is 79.2 Å². The number of piperazine rings is 1. The predicted molar refractivity (Wildman–Crippen MR) is 89.6 cm³/mol. The quantitative estimate of drug-likeness (QED) is 0.795. The first-order valence-corrected chi connectivity index (χ1v) is 8.38. The fraction of sp³-hybridized carbons (Fsp3) is 0.588. The standard InChI is InChI=1S/C17H23N5O2/c1-14-12-22(8-9-24-14)17(23)13-20-4-6-21(7-5-20)16-10-15(11-18)2-3-19-16/h2-3,10,14H,4-9,12-13H2,1H3/t14-/m0/s1. The average molecular weight is 329 g/mol. The monoisotopic (exact) mass is 329 g/mol. The van der Waals surface area contributed by atoms with E-state index in [9.17, 15) is 4.79 Å². The number of pyridine rings is 1. The van der Waals surface area contributed by atoms with Crippen LogP contribution in [-0.2, 0) is 9.53 Å². The van der Waals surface area contributed by atoms with Gasteiger partial charge in [0.2, 0.25) is 5.91 Å². The van der Waals surface area contributed by atoms with Crippen LogP contribution < -0.4 is 4.90 Å². The molecule has 7 heteroatoms. The van der Waals surface area contributed by atoms with E-state index >= 15 is 0 Å². The molecule has 2 aliphatic rings. The molecule has 0 aromatic carbocycles. The van der Waals surface area contributed by atoms with Crippen LogP contribution in [0.15, 0.2) is 18.3 Å². The van der Waals surface area contributed by atoms with E-state index in [-0.39, 0.29) is 12.0 Å². The average Bonchev–Trinajstić information content (AvgIpc) is 2.62. The van der Waals surface area contributed by atoms with E-state index in [1.165, 1.54) is 0 Å². The van der Waals surface area contributed by atoms with Crippen LogP contribution in [0.5, 0.6) is 0 Å². The summed E-state index contributed by atoms with van der Waals surface area (Å²) in [5, 5.41) is 8.99. The van der Waals surface area contributed by atoms with Crippen molar-refractivity contribution >= 4 is 11.7 Å². The van der Waals surface area contributed by atoms with Gasteiger partial charge in [0, 0.05) is 45.5 Å². The lowest BCUT2D eigenvalue weighted by Gasteiger charge is -2.37. The lowest BCUT2D eigenvalue weighted by atomic mass is 10.2. The normalized spacial score (nSPS) is 22.2. The van der Waals surface area contributed by atoms with Crippen LogP contribution in [0, 0.1) is 11.3 Å². The number of carbonyl (C=O) groups is 1. The molecule has 0 saturated carbocycles. The third-order valence-corrected chi connectivity index (χ3v) is 4.52. The summed E-state index contributed by atoms with van der Waals surface area (Å²) in [5.41, 5.74) is 0.624. The molecule has 3 heterocycles. The lowest BCUT2D eigenvalue weighted by molar-refractivity contribution is -0.139. The fourth-order valence-electron chi connectivity index (χ4n) is 3.13. The molecule has 0 spiro atoms. The molecule has 1 amide bonds. The molecule has 0 bridgehead atoms. The van der Waals surface area contributed by atoms with Crippen LogP contribution in [0.3, 0.4) is 0 Å². The zero-order valence-electron chi connectivity index (χ0n) is 14.0. The van der Waals surface area contributed by atoms with E-state index in [0.717, 1.165) is 32.0 Å². The molecule has 128 valence electrons. The van der Waals surface area contributed by atoms with Gasteiger partial charge in [-0.25, -0.2) is 4.98 Å². The van der Waals surface area contributed by atoms with Crippen molar-refractivity contribution in [1.82, 2.24) is 14.8 Å². The summed E-state index contributed by atoms with van der Waals surface area (Å²) in [6, 6.07) is 5.67. The predicted octanol–water partition coefficient (Wildman–Crippen LogP) is 0.323. The minimum absolute atomic E-state index is 0.123. The highest BCUT2D eigenvalue weighted by Crippen LogP contribution is 2.15. The summed E-state index contributed by atoms with van der Waals surface area (Å²) >= 11 is 0. The van der Waals surface area contributed by atoms with Crippen LogP contribution in [0.25, 0.3) is 0 Å². The van der Waals surface area contributed by atoms with Crippen molar-refractivity contribution in [2.75, 3.05) is 57.3 Å². The maximum absolute atomic E-state index is 12.4. The Labute approximate surface area is 142 Å². The van der Waals surface area contributed by atoms with Gasteiger partial charge in [-0.05, 0) is 19.1 Å². The maximum Gasteiger partial charge on any atom is 0.236 e. The number of amides is 1. The summed E-state index contributed by atoms with van der Waals surface area (Å²) in [6.45, 7) is 7.74. The number of hydrogen-bond acceptors (Lipinski definition) is 6. The van der Waals surface area contributed by atoms with E-state index < -0.39 is 0 Å². The molecule has 3 rings (SSSR count). The number of aromatic nitrogens is 1. The van der Waals surface area contributed by atoms with Crippen LogP contribution >= 0.6 is 0 Å². The highest BCUT2D eigenvalue weighted by molar-refractivity contribution is 5.78. The first-order valence-electron chi connectivity index (χ1n) is 8.38. The molecule has 1 aromatic rings. The Morgan fingerprint density at radius 3 is 2.88 bits per heavy atom. The zero-order valence-corrected chi connectivity index (χ0v) is 14.0. The largest absolute Gasteiger partial charge is 0.375 e. The SMILES string of the molecule is C[C@H]1CN(C(=O)CN2CCN(c3cc(C#N)ccn3)CC2)CCO1. The van der Waals surface area contributed by atoms with Crippen molar-refractivity contribution in [2.24, 2.45) is 0 Å². The van der Waals surface area contributed by atoms with Crippen molar-refractivity contribution in [3.05, 3.63) is 23.9 Å². The van der Waals surface area contributed by atoms with Crippen molar-refractivity contribution in [1.29, 1.82) is 5.26 Å². The Morgan fingerprint density at radius 1 is 1.38 bits per heavy atom. The number of ether oxygens (including phenoxy) is 1. The summed E-state index contributed by atoms with van der Waals surface area (Å²) in [7, 11) is 0. The van der Waals surface area contributed by atoms with E-state index in [4.69, 9.17) is 10.00 Å². The highest BCUT2D eigenvalue weighted by atomic mass is 16.5. The van der Waals surface area contributed by atoms with E-state index in [0.29, 0.717) is 31.8 Å². The number of morpholine rings is 1. The second-order valence-corrected chi connectivity index (χ2v) is 6.30. The maximum atomic E-state index is 12.4. The summed E-state index contributed by atoms with van der Waals surface area (Å²) in [6.07, 6.45) is 1.79. The molecule has 1 aromatic heterocycles. The van der Waals surface area contributed by atoms with Gasteiger partial charge in [0.05, 0.1) is 30.9 Å². The number of rotatable bonds is 3. The van der Waals surface area contributed by atoms with Gasteiger partial charge >= 0.3 is 0 Å². The molecular weight excluding hydrogens is 306 g/mol. The summed E-state index contributed by atoms with van der Waals surface area (Å²) in [4.78, 5) is 23.0. The molecule has 2 fully saturated rings. The fourth-order valence-corrected chi connectivity index (χ4v) is 3.13. The van der Waals surface area contributed by atoms with Crippen LogP contribution in [0.1, 0.15) is 12.5 Å². The summed E-state index contributed by atoms with van der Waals surface area (Å²) < 4.78 is 5.49. The highest BCUT2D eigenvalue weighted by Gasteiger charge is 2.25. The molecule has 0 aliphatic carbocycles. The van der Waals surface area contributed by atoms with Crippen LogP contribution in [0.2, 0.25) is 0 Å². The molecule has 0 radical (unpaired) electrons. The molecule has 0 unspecified atom stereocenters. The van der Waals surface area contributed by atoms with Gasteiger partial charge in [0.1, 0.15) is 5.82 Å². The molecule has 7 nitrogen and oxygen atoms in total. The molecular formula is C17H23N5O2. The van der Waals surface area contributed by atoms with Crippen molar-refractivity contribution in [2.45, 2.75) is 13.0 Å². The Kier molecular flexibility index (Phi) is 5.28. The Hall–Kier alpha value is -2.17. The first kappa shape index (κ1) is 16.7. The van der Waals surface area contributed by atoms with Crippen molar-refractivity contribution in [3.63, 3.8) is 0 Å². The number of hydrogen-bond donors (Lipinski definition) is 0. The first-order chi connectivity index (χ1) is 11.7. The third kappa shape index (κ3) is 4.02. The third-order valence-electron chi connectivity index (χ3n) is 4.52. The van der Waals surface area contributed by atoms with Gasteiger partial charge in [-0.3, -0.25) is 9.69 Å². The smallest absolute Gasteiger partial charge is 0.236 e. The molecule has 24 heavy (non-hydrogen) atoms. The zero-order chi connectivity index (χ0) is 16.9. The topological polar surface area (TPSA) is 72.7 Å². The van der Waals surface area contributed by atoms with Crippen LogP contribution in [0.4, 0.5) is 5.82 Å². The van der Waals surface area contributed by atoms with Gasteiger partial charge in [-0.1, -0.05) is 0 Å². The van der Waals surface area contributed by atoms with Crippen molar-refractivity contribution in [3.8, 4) is 6.07 Å². The number of anilines is 1. The Bertz CT molecular complexity index is 622. The number of carbonyl (C=O) groups excluding carboxylic acids is 1. The lowest BCUT2D eigenvalue weighted by Crippen LogP contribution is -2.52. The Balaban J connectivity index is 1.50. The van der Waals surface area contributed by atoms with E-state index in [1.54, 1.807) is 12.3 Å². The Morgan fingerprint density at radius 2 is 2.17 bits per heavy atom. The van der Waals surface area contributed by atoms with Gasteiger partial charge in [0.15, 0.2) is 0 Å². The molecule has 2 aliphatic heterocycles. The summed E-state index contributed by atoms with van der Waals surface area (Å²) in [5.74, 6) is 1.02. The van der Waals surface area contributed by atoms with E-state index in [1.807, 2.05) is 17.9 Å². The van der Waals surface area contributed by atoms with Gasteiger partial charge < -0.3 is 14.5 Å². The van der Waals surface area contributed by atoms with Gasteiger partial charge in [-0.15, -0.1) is 0 Å². The molecule has 1 atom stereocenters. The second-order valence-electron chi connectivity index (χ2n) is 6.30. The molecule has 0 N–H and O–H groups in total. The van der Waals surface area contributed by atoms with E-state index in [2.05, 4.69) is 20.9 Å². The van der Waals surface area contributed by atoms with Gasteiger partial charge in [0.25, 0.3) is 0 Å². The van der Waals surface area contributed by atoms with Crippen molar-refractivity contribution < 1.29 is 9.53 Å². The van der Waals surface area contributed by atoms with Gasteiger partial charge in [-0.2, -0.15) is 5.26 Å². The molecule has 2 saturated heterocycles. The minimum Gasteiger partial charge on any atom is -0.375 e.